The summed E-state index contributed by atoms with van der Waals surface area (Å²) < 4.78 is 5.37. The molecule has 0 aromatic heterocycles. The van der Waals surface area contributed by atoms with Crippen LogP contribution in [0.1, 0.15) is 47.0 Å². The molecule has 1 aliphatic heterocycles. The van der Waals surface area contributed by atoms with Crippen molar-refractivity contribution < 1.29 is 9.53 Å². The van der Waals surface area contributed by atoms with Gasteiger partial charge in [-0.2, -0.15) is 0 Å². The van der Waals surface area contributed by atoms with Crippen molar-refractivity contribution in [1.82, 2.24) is 4.90 Å². The maximum Gasteiger partial charge on any atom is 0.410 e. The zero-order chi connectivity index (χ0) is 13.1. The van der Waals surface area contributed by atoms with E-state index in [4.69, 9.17) is 4.74 Å². The molecule has 0 aromatic rings. The molecule has 3 heteroatoms. The van der Waals surface area contributed by atoms with Crippen molar-refractivity contribution in [3.05, 3.63) is 12.7 Å². The lowest BCUT2D eigenvalue weighted by Crippen LogP contribution is -2.44. The van der Waals surface area contributed by atoms with E-state index in [1.165, 1.54) is 0 Å². The van der Waals surface area contributed by atoms with E-state index < -0.39 is 5.60 Å². The summed E-state index contributed by atoms with van der Waals surface area (Å²) in [6, 6.07) is 0. The highest BCUT2D eigenvalue weighted by Crippen LogP contribution is 2.34. The molecule has 0 radical (unpaired) electrons. The monoisotopic (exact) mass is 239 g/mol. The van der Waals surface area contributed by atoms with Crippen molar-refractivity contribution in [2.75, 3.05) is 13.1 Å². The first-order valence-electron chi connectivity index (χ1n) is 6.35. The molecule has 3 nitrogen and oxygen atoms in total. The summed E-state index contributed by atoms with van der Waals surface area (Å²) in [5.74, 6) is 0. The number of allylic oxidation sites excluding steroid dienone is 1. The van der Waals surface area contributed by atoms with Gasteiger partial charge in [-0.05, 0) is 45.4 Å². The van der Waals surface area contributed by atoms with Crippen molar-refractivity contribution in [2.45, 2.75) is 52.6 Å². The van der Waals surface area contributed by atoms with E-state index in [0.29, 0.717) is 5.41 Å². The molecule has 0 atom stereocenters. The molecular formula is C14H25NO2. The molecular weight excluding hydrogens is 214 g/mol. The smallest absolute Gasteiger partial charge is 0.410 e. The molecule has 17 heavy (non-hydrogen) atoms. The Morgan fingerprint density at radius 3 is 2.35 bits per heavy atom. The fraction of sp³-hybridized carbons (Fsp3) is 0.786. The average Bonchev–Trinajstić information content (AvgIpc) is 2.15. The van der Waals surface area contributed by atoms with E-state index in [9.17, 15) is 4.79 Å². The van der Waals surface area contributed by atoms with Crippen LogP contribution in [0.3, 0.4) is 0 Å². The number of hydrogen-bond acceptors (Lipinski definition) is 2. The zero-order valence-corrected chi connectivity index (χ0v) is 11.6. The highest BCUT2D eigenvalue weighted by molar-refractivity contribution is 5.68. The molecule has 1 amide bonds. The normalized spacial score (nSPS) is 19.9. The molecule has 1 aliphatic rings. The minimum atomic E-state index is -0.404. The molecule has 0 bridgehead atoms. The predicted octanol–water partition coefficient (Wildman–Crippen LogP) is 3.60. The van der Waals surface area contributed by atoms with Gasteiger partial charge in [-0.15, -0.1) is 6.58 Å². The maximum atomic E-state index is 11.9. The number of hydrogen-bond donors (Lipinski definition) is 0. The van der Waals surface area contributed by atoms with Crippen LogP contribution in [0.2, 0.25) is 0 Å². The summed E-state index contributed by atoms with van der Waals surface area (Å²) in [5.41, 5.74) is -0.0980. The summed E-state index contributed by atoms with van der Waals surface area (Å²) in [7, 11) is 0. The molecule has 0 spiro atoms. The van der Waals surface area contributed by atoms with E-state index in [1.807, 2.05) is 31.7 Å². The van der Waals surface area contributed by atoms with E-state index in [-0.39, 0.29) is 6.09 Å². The Hall–Kier alpha value is -0.990. The summed E-state index contributed by atoms with van der Waals surface area (Å²) in [4.78, 5) is 13.7. The minimum Gasteiger partial charge on any atom is -0.444 e. The molecule has 1 heterocycles. The average molecular weight is 239 g/mol. The first-order valence-corrected chi connectivity index (χ1v) is 6.35. The largest absolute Gasteiger partial charge is 0.444 e. The SMILES string of the molecule is C=CCC1(C)CCN(C(=O)OC(C)(C)C)CC1. The molecule has 1 fully saturated rings. The van der Waals surface area contributed by atoms with Crippen LogP contribution < -0.4 is 0 Å². The fourth-order valence-electron chi connectivity index (χ4n) is 2.11. The van der Waals surface area contributed by atoms with E-state index >= 15 is 0 Å². The van der Waals surface area contributed by atoms with Gasteiger partial charge in [0.05, 0.1) is 0 Å². The van der Waals surface area contributed by atoms with Gasteiger partial charge in [0.2, 0.25) is 0 Å². The van der Waals surface area contributed by atoms with Crippen LogP contribution >= 0.6 is 0 Å². The lowest BCUT2D eigenvalue weighted by molar-refractivity contribution is 0.0122. The van der Waals surface area contributed by atoms with Gasteiger partial charge < -0.3 is 9.64 Å². The number of likely N-dealkylation sites (tertiary alicyclic amines) is 1. The molecule has 0 aromatic carbocycles. The summed E-state index contributed by atoms with van der Waals surface area (Å²) in [6.45, 7) is 13.3. The first kappa shape index (κ1) is 14.1. The van der Waals surface area contributed by atoms with Crippen LogP contribution in [0, 0.1) is 5.41 Å². The van der Waals surface area contributed by atoms with Crippen LogP contribution in [0.15, 0.2) is 12.7 Å². The van der Waals surface area contributed by atoms with Gasteiger partial charge in [0.25, 0.3) is 0 Å². The third kappa shape index (κ3) is 4.41. The topological polar surface area (TPSA) is 29.5 Å². The molecule has 0 saturated carbocycles. The lowest BCUT2D eigenvalue weighted by Gasteiger charge is -2.39. The molecule has 1 saturated heterocycles. The van der Waals surface area contributed by atoms with Crippen molar-refractivity contribution in [2.24, 2.45) is 5.41 Å². The number of ether oxygens (including phenoxy) is 1. The van der Waals surface area contributed by atoms with Crippen molar-refractivity contribution >= 4 is 6.09 Å². The van der Waals surface area contributed by atoms with Gasteiger partial charge in [-0.1, -0.05) is 13.0 Å². The van der Waals surface area contributed by atoms with Gasteiger partial charge in [0.1, 0.15) is 5.60 Å². The number of rotatable bonds is 2. The standard InChI is InChI=1S/C14H25NO2/c1-6-7-14(5)8-10-15(11-9-14)12(16)17-13(2,3)4/h6H,1,7-11H2,2-5H3. The van der Waals surface area contributed by atoms with Crippen LogP contribution in [0.25, 0.3) is 0 Å². The quantitative estimate of drug-likeness (QED) is 0.689. The predicted molar refractivity (Wildman–Crippen MR) is 70.0 cm³/mol. The molecule has 98 valence electrons. The van der Waals surface area contributed by atoms with Gasteiger partial charge in [-0.3, -0.25) is 0 Å². The second-order valence-electron chi connectivity index (χ2n) is 6.27. The second-order valence-corrected chi connectivity index (χ2v) is 6.27. The molecule has 1 rings (SSSR count). The second kappa shape index (κ2) is 5.11. The lowest BCUT2D eigenvalue weighted by atomic mass is 9.78. The highest BCUT2D eigenvalue weighted by Gasteiger charge is 2.32. The van der Waals surface area contributed by atoms with Crippen LogP contribution in [-0.2, 0) is 4.74 Å². The van der Waals surface area contributed by atoms with Gasteiger partial charge in [0, 0.05) is 13.1 Å². The van der Waals surface area contributed by atoms with Crippen molar-refractivity contribution in [3.8, 4) is 0 Å². The summed E-state index contributed by atoms with van der Waals surface area (Å²) >= 11 is 0. The molecule has 0 aliphatic carbocycles. The maximum absolute atomic E-state index is 11.9. The third-order valence-electron chi connectivity index (χ3n) is 3.26. The number of carbonyl (C=O) groups is 1. The van der Waals surface area contributed by atoms with Gasteiger partial charge >= 0.3 is 6.09 Å². The van der Waals surface area contributed by atoms with Crippen LogP contribution in [-0.4, -0.2) is 29.7 Å². The van der Waals surface area contributed by atoms with Gasteiger partial charge in [0.15, 0.2) is 0 Å². The van der Waals surface area contributed by atoms with E-state index in [0.717, 1.165) is 32.4 Å². The number of carbonyl (C=O) groups excluding carboxylic acids is 1. The van der Waals surface area contributed by atoms with Crippen LogP contribution in [0.4, 0.5) is 4.79 Å². The summed E-state index contributed by atoms with van der Waals surface area (Å²) in [5, 5.41) is 0. The Balaban J connectivity index is 2.46. The Bertz CT molecular complexity index is 283. The highest BCUT2D eigenvalue weighted by atomic mass is 16.6. The van der Waals surface area contributed by atoms with E-state index in [1.54, 1.807) is 0 Å². The Labute approximate surface area is 105 Å². The van der Waals surface area contributed by atoms with Gasteiger partial charge in [-0.25, -0.2) is 4.79 Å². The Kier molecular flexibility index (Phi) is 4.23. The molecule has 0 N–H and O–H groups in total. The zero-order valence-electron chi connectivity index (χ0n) is 11.6. The first-order chi connectivity index (χ1) is 7.76. The summed E-state index contributed by atoms with van der Waals surface area (Å²) in [6.07, 6.45) is 4.87. The Morgan fingerprint density at radius 1 is 1.41 bits per heavy atom. The van der Waals surface area contributed by atoms with Crippen molar-refractivity contribution in [1.29, 1.82) is 0 Å². The van der Waals surface area contributed by atoms with Crippen LogP contribution in [0.5, 0.6) is 0 Å². The molecule has 0 unspecified atom stereocenters. The fourth-order valence-corrected chi connectivity index (χ4v) is 2.11. The third-order valence-corrected chi connectivity index (χ3v) is 3.26. The van der Waals surface area contributed by atoms with Crippen molar-refractivity contribution in [3.63, 3.8) is 0 Å². The minimum absolute atomic E-state index is 0.182. The number of piperidine rings is 1. The number of nitrogens with zero attached hydrogens (tertiary/aromatic N) is 1. The Morgan fingerprint density at radius 2 is 1.94 bits per heavy atom. The van der Waals surface area contributed by atoms with E-state index in [2.05, 4.69) is 13.5 Å². The number of amides is 1.